The van der Waals surface area contributed by atoms with E-state index in [0.29, 0.717) is 6.42 Å². The Morgan fingerprint density at radius 3 is 1.93 bits per heavy atom. The van der Waals surface area contributed by atoms with Crippen LogP contribution in [0.1, 0.15) is 34.1 Å². The third kappa shape index (κ3) is 9.54. The second-order valence-corrected chi connectivity index (χ2v) is 8.97. The molecule has 1 aliphatic rings. The van der Waals surface area contributed by atoms with Gasteiger partial charge in [0.05, 0.1) is 6.61 Å². The number of rotatable bonds is 11. The van der Waals surface area contributed by atoms with E-state index in [4.69, 9.17) is 28.4 Å². The normalized spacial score (nSPS) is 25.8. The van der Waals surface area contributed by atoms with E-state index in [-0.39, 0.29) is 13.2 Å². The molecule has 0 aromatic carbocycles. The van der Waals surface area contributed by atoms with E-state index in [2.05, 4.69) is 0 Å². The molecule has 0 bridgehead atoms. The van der Waals surface area contributed by atoms with Crippen LogP contribution in [0.15, 0.2) is 0 Å². The Balaban J connectivity index is 3.13. The van der Waals surface area contributed by atoms with Crippen molar-refractivity contribution < 1.29 is 47.6 Å². The molecule has 1 saturated heterocycles. The second kappa shape index (κ2) is 13.7. The zero-order valence-electron chi connectivity index (χ0n) is 17.6. The number of carbonyl (C=O) groups excluding carboxylic acids is 4. The van der Waals surface area contributed by atoms with Crippen molar-refractivity contribution in [2.45, 2.75) is 64.8 Å². The number of hydrogen-bond acceptors (Lipinski definition) is 12. The molecule has 1 aliphatic heterocycles. The van der Waals surface area contributed by atoms with Crippen LogP contribution in [0.5, 0.6) is 0 Å². The first-order valence-corrected chi connectivity index (χ1v) is 12.0. The van der Waals surface area contributed by atoms with E-state index in [0.717, 1.165) is 5.75 Å². The summed E-state index contributed by atoms with van der Waals surface area (Å²) in [7, 11) is 3.29. The highest BCUT2D eigenvalue weighted by Gasteiger charge is 2.52. The molecule has 0 spiro atoms. The third-order valence-corrected chi connectivity index (χ3v) is 5.62. The van der Waals surface area contributed by atoms with Gasteiger partial charge >= 0.3 is 23.9 Å². The van der Waals surface area contributed by atoms with Crippen LogP contribution in [-0.2, 0) is 47.6 Å². The molecular weight excluding hydrogens is 440 g/mol. The van der Waals surface area contributed by atoms with E-state index in [1.807, 2.05) is 6.26 Å². The maximum absolute atomic E-state index is 11.7. The monoisotopic (exact) mass is 468 g/mol. The van der Waals surface area contributed by atoms with Crippen LogP contribution in [0, 0.1) is 0 Å². The lowest BCUT2D eigenvalue weighted by molar-refractivity contribution is -0.308. The van der Waals surface area contributed by atoms with E-state index >= 15 is 0 Å². The van der Waals surface area contributed by atoms with Gasteiger partial charge in [-0.2, -0.15) is 0 Å². The van der Waals surface area contributed by atoms with Gasteiger partial charge in [0.15, 0.2) is 24.6 Å². The van der Waals surface area contributed by atoms with Crippen LogP contribution in [0.4, 0.5) is 0 Å². The summed E-state index contributed by atoms with van der Waals surface area (Å²) in [5.74, 6) is -1.77. The molecule has 10 nitrogen and oxygen atoms in total. The standard InChI is InChI=1S/C18H28O10S2/c1-10(19)24-9-14-15(25-11(2)20)16(26-12(3)21)17(27-13(4)22)18(28-14)23-7-6-8-30-29-5/h14-18H,6-9H2,1-5H3/t14-,15-,16+,17-,18-/m1/s1. The third-order valence-electron chi connectivity index (χ3n) is 3.72. The van der Waals surface area contributed by atoms with Gasteiger partial charge in [0.25, 0.3) is 0 Å². The summed E-state index contributed by atoms with van der Waals surface area (Å²) in [4.78, 5) is 46.3. The van der Waals surface area contributed by atoms with Gasteiger partial charge in [-0.15, -0.1) is 0 Å². The predicted octanol–water partition coefficient (Wildman–Crippen LogP) is 1.49. The quantitative estimate of drug-likeness (QED) is 0.189. The Hall–Kier alpha value is -1.50. The minimum absolute atomic E-state index is 0.278. The van der Waals surface area contributed by atoms with Gasteiger partial charge in [0, 0.05) is 33.4 Å². The van der Waals surface area contributed by atoms with E-state index in [1.54, 1.807) is 21.6 Å². The molecule has 172 valence electrons. The lowest BCUT2D eigenvalue weighted by Gasteiger charge is -2.44. The van der Waals surface area contributed by atoms with Crippen molar-refractivity contribution in [1.82, 2.24) is 0 Å². The highest BCUT2D eigenvalue weighted by molar-refractivity contribution is 8.76. The average molecular weight is 469 g/mol. The SMILES string of the molecule is CSSCCCO[C@@H]1O[C@H](COC(C)=O)[C@@H](OC(C)=O)[C@H](OC(C)=O)[C@H]1OC(C)=O. The van der Waals surface area contributed by atoms with Crippen LogP contribution >= 0.6 is 21.6 Å². The Morgan fingerprint density at radius 1 is 0.833 bits per heavy atom. The fourth-order valence-electron chi connectivity index (χ4n) is 2.72. The first-order chi connectivity index (χ1) is 14.1. The predicted molar refractivity (Wildman–Crippen MR) is 108 cm³/mol. The molecule has 0 unspecified atom stereocenters. The second-order valence-electron chi connectivity index (χ2n) is 6.28. The fourth-order valence-corrected chi connectivity index (χ4v) is 3.98. The summed E-state index contributed by atoms with van der Waals surface area (Å²) in [6, 6.07) is 0. The van der Waals surface area contributed by atoms with Crippen molar-refractivity contribution in [3.05, 3.63) is 0 Å². The summed E-state index contributed by atoms with van der Waals surface area (Å²) < 4.78 is 32.5. The molecule has 0 aliphatic carbocycles. The molecule has 5 atom stereocenters. The molecule has 0 aromatic heterocycles. The molecule has 0 saturated carbocycles. The molecule has 1 rings (SSSR count). The van der Waals surface area contributed by atoms with Gasteiger partial charge in [0.2, 0.25) is 0 Å². The largest absolute Gasteiger partial charge is 0.463 e. The number of carbonyl (C=O) groups is 4. The van der Waals surface area contributed by atoms with Crippen LogP contribution in [-0.4, -0.2) is 79.8 Å². The molecule has 1 fully saturated rings. The van der Waals surface area contributed by atoms with E-state index in [9.17, 15) is 19.2 Å². The van der Waals surface area contributed by atoms with Gasteiger partial charge in [-0.3, -0.25) is 19.2 Å². The lowest BCUT2D eigenvalue weighted by atomic mass is 9.98. The van der Waals surface area contributed by atoms with Crippen LogP contribution in [0.25, 0.3) is 0 Å². The van der Waals surface area contributed by atoms with Crippen LogP contribution in [0.3, 0.4) is 0 Å². The maximum atomic E-state index is 11.7. The number of esters is 4. The number of ether oxygens (including phenoxy) is 6. The molecule has 1 heterocycles. The van der Waals surface area contributed by atoms with Crippen LogP contribution < -0.4 is 0 Å². The zero-order valence-corrected chi connectivity index (χ0v) is 19.2. The maximum Gasteiger partial charge on any atom is 0.303 e. The van der Waals surface area contributed by atoms with E-state index < -0.39 is 54.6 Å². The topological polar surface area (TPSA) is 124 Å². The molecule has 0 aromatic rings. The average Bonchev–Trinajstić information content (AvgIpc) is 2.63. The Kier molecular flexibility index (Phi) is 12.1. The molecule has 0 amide bonds. The summed E-state index contributed by atoms with van der Waals surface area (Å²) >= 11 is 0. The van der Waals surface area contributed by atoms with Crippen molar-refractivity contribution in [2.24, 2.45) is 0 Å². The smallest absolute Gasteiger partial charge is 0.303 e. The van der Waals surface area contributed by atoms with Gasteiger partial charge in [0.1, 0.15) is 12.7 Å². The first kappa shape index (κ1) is 26.5. The Bertz CT molecular complexity index is 600. The van der Waals surface area contributed by atoms with E-state index in [1.165, 1.54) is 27.7 Å². The van der Waals surface area contributed by atoms with Crippen molar-refractivity contribution in [3.8, 4) is 0 Å². The van der Waals surface area contributed by atoms with Crippen molar-refractivity contribution in [2.75, 3.05) is 25.2 Å². The van der Waals surface area contributed by atoms with Crippen molar-refractivity contribution in [1.29, 1.82) is 0 Å². The van der Waals surface area contributed by atoms with Crippen molar-refractivity contribution >= 4 is 45.5 Å². The summed E-state index contributed by atoms with van der Waals surface area (Å²) in [6.07, 6.45) is -3.04. The molecule has 0 radical (unpaired) electrons. The summed E-state index contributed by atoms with van der Waals surface area (Å²) in [6.45, 7) is 4.73. The highest BCUT2D eigenvalue weighted by Crippen LogP contribution is 2.30. The van der Waals surface area contributed by atoms with Crippen molar-refractivity contribution in [3.63, 3.8) is 0 Å². The summed E-state index contributed by atoms with van der Waals surface area (Å²) in [5.41, 5.74) is 0. The van der Waals surface area contributed by atoms with Gasteiger partial charge in [-0.1, -0.05) is 21.6 Å². The number of hydrogen-bond donors (Lipinski definition) is 0. The molecule has 12 heteroatoms. The Morgan fingerprint density at radius 2 is 1.40 bits per heavy atom. The lowest BCUT2D eigenvalue weighted by Crippen LogP contribution is -2.63. The zero-order chi connectivity index (χ0) is 22.7. The molecule has 30 heavy (non-hydrogen) atoms. The van der Waals surface area contributed by atoms with Gasteiger partial charge < -0.3 is 28.4 Å². The van der Waals surface area contributed by atoms with Gasteiger partial charge in [-0.25, -0.2) is 0 Å². The minimum Gasteiger partial charge on any atom is -0.463 e. The Labute approximate surface area is 183 Å². The summed E-state index contributed by atoms with van der Waals surface area (Å²) in [5, 5.41) is 0. The highest BCUT2D eigenvalue weighted by atomic mass is 33.1. The molecule has 0 N–H and O–H groups in total. The van der Waals surface area contributed by atoms with Crippen LogP contribution in [0.2, 0.25) is 0 Å². The fraction of sp³-hybridized carbons (Fsp3) is 0.778. The van der Waals surface area contributed by atoms with Gasteiger partial charge in [-0.05, 0) is 12.7 Å². The first-order valence-electron chi connectivity index (χ1n) is 9.23. The molecular formula is C18H28O10S2. The minimum atomic E-state index is -1.21.